The van der Waals surface area contributed by atoms with Crippen molar-refractivity contribution in [2.75, 3.05) is 7.05 Å². The maximum atomic E-state index is 11.7. The van der Waals surface area contributed by atoms with Gasteiger partial charge >= 0.3 is 6.03 Å². The number of thiophene rings is 1. The molecule has 0 spiro atoms. The Morgan fingerprint density at radius 3 is 3.00 bits per heavy atom. The second-order valence-electron chi connectivity index (χ2n) is 3.67. The maximum Gasteiger partial charge on any atom is 0.317 e. The van der Waals surface area contributed by atoms with E-state index in [1.165, 1.54) is 0 Å². The molecule has 2 rings (SSSR count). The standard InChI is InChI=1S/C12H14N2O2S/c1-14(9-10-4-2-6-16-10)12(15)13-8-11-5-3-7-17-11/h2-7H,8-9H2,1H3,(H,13,15). The van der Waals surface area contributed by atoms with Crippen molar-refractivity contribution in [3.63, 3.8) is 0 Å². The summed E-state index contributed by atoms with van der Waals surface area (Å²) in [6, 6.07) is 7.53. The second-order valence-corrected chi connectivity index (χ2v) is 4.71. The maximum absolute atomic E-state index is 11.7. The van der Waals surface area contributed by atoms with E-state index in [0.717, 1.165) is 10.6 Å². The molecule has 2 aromatic rings. The molecule has 0 aliphatic rings. The van der Waals surface area contributed by atoms with Crippen molar-refractivity contribution in [2.24, 2.45) is 0 Å². The molecule has 4 nitrogen and oxygen atoms in total. The predicted molar refractivity (Wildman–Crippen MR) is 66.7 cm³/mol. The number of amides is 2. The molecule has 5 heteroatoms. The highest BCUT2D eigenvalue weighted by molar-refractivity contribution is 7.09. The van der Waals surface area contributed by atoms with E-state index in [1.54, 1.807) is 29.5 Å². The quantitative estimate of drug-likeness (QED) is 0.906. The topological polar surface area (TPSA) is 45.5 Å². The molecule has 0 radical (unpaired) electrons. The molecule has 0 fully saturated rings. The van der Waals surface area contributed by atoms with Crippen molar-refractivity contribution >= 4 is 17.4 Å². The number of carbonyl (C=O) groups is 1. The van der Waals surface area contributed by atoms with Crippen LogP contribution in [0.4, 0.5) is 4.79 Å². The summed E-state index contributed by atoms with van der Waals surface area (Å²) in [5.41, 5.74) is 0. The minimum Gasteiger partial charge on any atom is -0.467 e. The Bertz CT molecular complexity index is 451. The highest BCUT2D eigenvalue weighted by Crippen LogP contribution is 2.08. The molecule has 0 unspecified atom stereocenters. The summed E-state index contributed by atoms with van der Waals surface area (Å²) in [5, 5.41) is 4.85. The Hall–Kier alpha value is -1.75. The van der Waals surface area contributed by atoms with Gasteiger partial charge in [0.15, 0.2) is 0 Å². The van der Waals surface area contributed by atoms with Crippen molar-refractivity contribution in [2.45, 2.75) is 13.1 Å². The van der Waals surface area contributed by atoms with E-state index in [2.05, 4.69) is 5.32 Å². The number of urea groups is 1. The average molecular weight is 250 g/mol. The summed E-state index contributed by atoms with van der Waals surface area (Å²) >= 11 is 1.63. The normalized spacial score (nSPS) is 10.2. The van der Waals surface area contributed by atoms with E-state index in [-0.39, 0.29) is 6.03 Å². The first kappa shape index (κ1) is 11.7. The SMILES string of the molecule is CN(Cc1ccco1)C(=O)NCc1cccs1. The van der Waals surface area contributed by atoms with Gasteiger partial charge in [-0.15, -0.1) is 11.3 Å². The lowest BCUT2D eigenvalue weighted by molar-refractivity contribution is 0.202. The average Bonchev–Trinajstić information content (AvgIpc) is 2.98. The third-order valence-corrected chi connectivity index (χ3v) is 3.19. The lowest BCUT2D eigenvalue weighted by atomic mass is 10.4. The zero-order chi connectivity index (χ0) is 12.1. The molecule has 0 atom stereocenters. The number of hydrogen-bond donors (Lipinski definition) is 1. The fourth-order valence-electron chi connectivity index (χ4n) is 1.42. The lowest BCUT2D eigenvalue weighted by Gasteiger charge is -2.16. The zero-order valence-electron chi connectivity index (χ0n) is 9.55. The molecular formula is C12H14N2O2S. The Kier molecular flexibility index (Phi) is 3.82. The van der Waals surface area contributed by atoms with Gasteiger partial charge in [-0.05, 0) is 23.6 Å². The molecule has 0 aromatic carbocycles. The van der Waals surface area contributed by atoms with Gasteiger partial charge in [0.1, 0.15) is 5.76 Å². The second kappa shape index (κ2) is 5.54. The van der Waals surface area contributed by atoms with Crippen LogP contribution in [0.3, 0.4) is 0 Å². The van der Waals surface area contributed by atoms with E-state index in [9.17, 15) is 4.79 Å². The molecule has 1 N–H and O–H groups in total. The van der Waals surface area contributed by atoms with Gasteiger partial charge in [0.05, 0.1) is 19.4 Å². The van der Waals surface area contributed by atoms with Crippen LogP contribution in [-0.2, 0) is 13.1 Å². The molecule has 90 valence electrons. The summed E-state index contributed by atoms with van der Waals surface area (Å²) < 4.78 is 5.19. The van der Waals surface area contributed by atoms with Gasteiger partial charge in [0, 0.05) is 11.9 Å². The number of hydrogen-bond acceptors (Lipinski definition) is 3. The highest BCUT2D eigenvalue weighted by atomic mass is 32.1. The van der Waals surface area contributed by atoms with Gasteiger partial charge in [-0.25, -0.2) is 4.79 Å². The van der Waals surface area contributed by atoms with Crippen molar-refractivity contribution in [1.82, 2.24) is 10.2 Å². The first-order chi connectivity index (χ1) is 8.25. The Morgan fingerprint density at radius 2 is 2.35 bits per heavy atom. The summed E-state index contributed by atoms with van der Waals surface area (Å²) in [7, 11) is 1.74. The number of nitrogens with zero attached hydrogens (tertiary/aromatic N) is 1. The largest absolute Gasteiger partial charge is 0.467 e. The third kappa shape index (κ3) is 3.35. The van der Waals surface area contributed by atoms with Gasteiger partial charge in [-0.1, -0.05) is 6.07 Å². The Balaban J connectivity index is 1.79. The summed E-state index contributed by atoms with van der Waals surface area (Å²) in [4.78, 5) is 14.5. The van der Waals surface area contributed by atoms with Crippen molar-refractivity contribution in [3.05, 3.63) is 46.5 Å². The molecule has 0 bridgehead atoms. The van der Waals surface area contributed by atoms with E-state index in [0.29, 0.717) is 13.1 Å². The minimum absolute atomic E-state index is 0.102. The van der Waals surface area contributed by atoms with Crippen LogP contribution in [-0.4, -0.2) is 18.0 Å². The third-order valence-electron chi connectivity index (χ3n) is 2.31. The number of nitrogens with one attached hydrogen (secondary N) is 1. The van der Waals surface area contributed by atoms with Crippen LogP contribution in [0.5, 0.6) is 0 Å². The van der Waals surface area contributed by atoms with Gasteiger partial charge in [0.25, 0.3) is 0 Å². The molecule has 17 heavy (non-hydrogen) atoms. The van der Waals surface area contributed by atoms with Gasteiger partial charge < -0.3 is 14.6 Å². The van der Waals surface area contributed by atoms with Crippen molar-refractivity contribution < 1.29 is 9.21 Å². The molecular weight excluding hydrogens is 236 g/mol. The molecule has 0 saturated heterocycles. The molecule has 0 aliphatic carbocycles. The number of carbonyl (C=O) groups excluding carboxylic acids is 1. The van der Waals surface area contributed by atoms with Crippen molar-refractivity contribution in [1.29, 1.82) is 0 Å². The predicted octanol–water partition coefficient (Wildman–Crippen LogP) is 2.68. The van der Waals surface area contributed by atoms with Crippen LogP contribution in [0.2, 0.25) is 0 Å². The van der Waals surface area contributed by atoms with Crippen LogP contribution >= 0.6 is 11.3 Å². The number of furan rings is 1. The fourth-order valence-corrected chi connectivity index (χ4v) is 2.06. The lowest BCUT2D eigenvalue weighted by Crippen LogP contribution is -2.36. The van der Waals surface area contributed by atoms with E-state index in [1.807, 2.05) is 29.6 Å². The first-order valence-electron chi connectivity index (χ1n) is 5.29. The molecule has 0 saturated carbocycles. The van der Waals surface area contributed by atoms with E-state index >= 15 is 0 Å². The smallest absolute Gasteiger partial charge is 0.317 e. The van der Waals surface area contributed by atoms with Crippen LogP contribution in [0.1, 0.15) is 10.6 Å². The number of rotatable bonds is 4. The fraction of sp³-hybridized carbons (Fsp3) is 0.250. The molecule has 0 aliphatic heterocycles. The van der Waals surface area contributed by atoms with E-state index in [4.69, 9.17) is 4.42 Å². The van der Waals surface area contributed by atoms with Crippen LogP contribution in [0.25, 0.3) is 0 Å². The van der Waals surface area contributed by atoms with E-state index < -0.39 is 0 Å². The molecule has 2 aromatic heterocycles. The van der Waals surface area contributed by atoms with Gasteiger partial charge in [-0.3, -0.25) is 0 Å². The Morgan fingerprint density at radius 1 is 1.47 bits per heavy atom. The minimum atomic E-state index is -0.102. The zero-order valence-corrected chi connectivity index (χ0v) is 10.4. The summed E-state index contributed by atoms with van der Waals surface area (Å²) in [6.07, 6.45) is 1.60. The molecule has 2 heterocycles. The Labute approximate surface area is 104 Å². The molecule has 2 amide bonds. The van der Waals surface area contributed by atoms with Crippen LogP contribution in [0.15, 0.2) is 40.3 Å². The summed E-state index contributed by atoms with van der Waals surface area (Å²) in [5.74, 6) is 0.777. The highest BCUT2D eigenvalue weighted by Gasteiger charge is 2.09. The van der Waals surface area contributed by atoms with Crippen molar-refractivity contribution in [3.8, 4) is 0 Å². The summed E-state index contributed by atoms with van der Waals surface area (Å²) in [6.45, 7) is 1.04. The van der Waals surface area contributed by atoms with Gasteiger partial charge in [-0.2, -0.15) is 0 Å². The van der Waals surface area contributed by atoms with Crippen LogP contribution in [0, 0.1) is 0 Å². The first-order valence-corrected chi connectivity index (χ1v) is 6.17. The monoisotopic (exact) mass is 250 g/mol. The van der Waals surface area contributed by atoms with Crippen LogP contribution < -0.4 is 5.32 Å². The van der Waals surface area contributed by atoms with Gasteiger partial charge in [0.2, 0.25) is 0 Å².